The molecular weight excluding hydrogens is 388 g/mol. The fraction of sp³-hybridized carbons (Fsp3) is 0.381. The van der Waals surface area contributed by atoms with E-state index in [1.54, 1.807) is 13.8 Å². The third-order valence-electron chi connectivity index (χ3n) is 5.39. The van der Waals surface area contributed by atoms with E-state index in [-0.39, 0.29) is 29.6 Å². The number of rotatable bonds is 5. The number of aromatic amines is 1. The molecule has 1 aromatic carbocycles. The first-order chi connectivity index (χ1) is 14.2. The third-order valence-corrected chi connectivity index (χ3v) is 5.39. The summed E-state index contributed by atoms with van der Waals surface area (Å²) in [5, 5.41) is 13.8. The molecule has 1 unspecified atom stereocenters. The minimum absolute atomic E-state index is 0.0547. The summed E-state index contributed by atoms with van der Waals surface area (Å²) in [6.45, 7) is 5.68. The van der Waals surface area contributed by atoms with Crippen LogP contribution >= 0.6 is 0 Å². The Morgan fingerprint density at radius 3 is 2.60 bits per heavy atom. The number of likely N-dealkylation sites (tertiary alicyclic amines) is 1. The summed E-state index contributed by atoms with van der Waals surface area (Å²) in [6.07, 6.45) is 1.20. The normalized spacial score (nSPS) is 15.8. The number of pyridine rings is 1. The molecule has 2 N–H and O–H groups in total. The van der Waals surface area contributed by atoms with Crippen LogP contribution in [0.15, 0.2) is 29.1 Å². The molecule has 1 aliphatic rings. The number of carbonyl (C=O) groups excluding carboxylic acids is 2. The number of hydrogen-bond donors (Lipinski definition) is 2. The topological polar surface area (TPSA) is 125 Å². The summed E-state index contributed by atoms with van der Waals surface area (Å²) >= 11 is 0. The van der Waals surface area contributed by atoms with Gasteiger partial charge in [0.1, 0.15) is 6.04 Å². The Morgan fingerprint density at radius 2 is 1.97 bits per heavy atom. The Kier molecular flexibility index (Phi) is 6.00. The van der Waals surface area contributed by atoms with E-state index >= 15 is 0 Å². The minimum Gasteiger partial charge on any atom is -0.350 e. The van der Waals surface area contributed by atoms with E-state index in [9.17, 15) is 24.5 Å². The Bertz CT molecular complexity index is 1080. The predicted molar refractivity (Wildman–Crippen MR) is 110 cm³/mol. The van der Waals surface area contributed by atoms with Crippen molar-refractivity contribution in [3.63, 3.8) is 0 Å². The van der Waals surface area contributed by atoms with Crippen LogP contribution in [-0.4, -0.2) is 39.2 Å². The molecule has 30 heavy (non-hydrogen) atoms. The fourth-order valence-corrected chi connectivity index (χ4v) is 3.84. The Hall–Kier alpha value is -3.49. The van der Waals surface area contributed by atoms with Gasteiger partial charge in [-0.25, -0.2) is 0 Å². The molecule has 0 radical (unpaired) electrons. The highest BCUT2D eigenvalue weighted by atomic mass is 16.6. The van der Waals surface area contributed by atoms with E-state index in [2.05, 4.69) is 10.3 Å². The lowest BCUT2D eigenvalue weighted by Gasteiger charge is -2.24. The number of amides is 2. The number of hydrogen-bond acceptors (Lipinski definition) is 5. The molecule has 1 aromatic heterocycles. The van der Waals surface area contributed by atoms with Crippen molar-refractivity contribution >= 4 is 17.5 Å². The number of aromatic nitrogens is 1. The molecular formula is C21H24N4O5. The Morgan fingerprint density at radius 1 is 1.23 bits per heavy atom. The van der Waals surface area contributed by atoms with Crippen molar-refractivity contribution in [3.8, 4) is 0 Å². The van der Waals surface area contributed by atoms with E-state index in [4.69, 9.17) is 0 Å². The first-order valence-corrected chi connectivity index (χ1v) is 9.72. The standard InChI is InChI=1S/C21H24N4O5/c1-12-9-14(3)23-19(26)16(12)11-22-20(27)18-5-4-8-24(18)21(28)15-6-7-17(25(29)30)13(2)10-15/h6-7,9-10,18H,4-5,8,11H2,1-3H3,(H,22,27)(H,23,26). The van der Waals surface area contributed by atoms with E-state index in [1.165, 1.54) is 23.1 Å². The molecule has 158 valence electrons. The smallest absolute Gasteiger partial charge is 0.272 e. The van der Waals surface area contributed by atoms with Crippen LogP contribution in [0.4, 0.5) is 5.69 Å². The first kappa shape index (κ1) is 21.2. The second kappa shape index (κ2) is 8.48. The van der Waals surface area contributed by atoms with Gasteiger partial charge in [0.25, 0.3) is 17.2 Å². The predicted octanol–water partition coefficient (Wildman–Crippen LogP) is 2.13. The summed E-state index contributed by atoms with van der Waals surface area (Å²) in [7, 11) is 0. The molecule has 1 fully saturated rings. The second-order valence-electron chi connectivity index (χ2n) is 7.58. The molecule has 1 atom stereocenters. The van der Waals surface area contributed by atoms with Gasteiger partial charge in [-0.15, -0.1) is 0 Å². The molecule has 1 aliphatic heterocycles. The lowest BCUT2D eigenvalue weighted by molar-refractivity contribution is -0.385. The number of nitrogens with one attached hydrogen (secondary N) is 2. The average Bonchev–Trinajstić information content (AvgIpc) is 3.15. The van der Waals surface area contributed by atoms with Crippen LogP contribution in [0.1, 0.15) is 45.6 Å². The van der Waals surface area contributed by atoms with Gasteiger partial charge in [-0.2, -0.15) is 0 Å². The molecule has 2 amide bonds. The van der Waals surface area contributed by atoms with Gasteiger partial charge in [0.05, 0.1) is 4.92 Å². The first-order valence-electron chi connectivity index (χ1n) is 9.72. The number of carbonyl (C=O) groups is 2. The molecule has 0 bridgehead atoms. The number of aryl methyl sites for hydroxylation is 3. The van der Waals surface area contributed by atoms with Crippen LogP contribution in [0.3, 0.4) is 0 Å². The molecule has 0 saturated carbocycles. The van der Waals surface area contributed by atoms with E-state index in [0.717, 1.165) is 11.3 Å². The summed E-state index contributed by atoms with van der Waals surface area (Å²) in [4.78, 5) is 52.5. The van der Waals surface area contributed by atoms with Crippen molar-refractivity contribution in [2.45, 2.75) is 46.2 Å². The summed E-state index contributed by atoms with van der Waals surface area (Å²) < 4.78 is 0. The quantitative estimate of drug-likeness (QED) is 0.575. The van der Waals surface area contributed by atoms with Crippen molar-refractivity contribution in [2.75, 3.05) is 6.54 Å². The number of H-pyrrole nitrogens is 1. The molecule has 0 spiro atoms. The average molecular weight is 412 g/mol. The maximum Gasteiger partial charge on any atom is 0.272 e. The van der Waals surface area contributed by atoms with Crippen molar-refractivity contribution in [3.05, 3.63) is 72.7 Å². The van der Waals surface area contributed by atoms with E-state index in [1.807, 2.05) is 13.0 Å². The zero-order valence-corrected chi connectivity index (χ0v) is 17.2. The van der Waals surface area contributed by atoms with Crippen molar-refractivity contribution < 1.29 is 14.5 Å². The maximum absolute atomic E-state index is 12.9. The van der Waals surface area contributed by atoms with Gasteiger partial charge in [0, 0.05) is 41.5 Å². The number of nitro benzene ring substituents is 1. The molecule has 9 heteroatoms. The molecule has 9 nitrogen and oxygen atoms in total. The van der Waals surface area contributed by atoms with Gasteiger partial charge >= 0.3 is 0 Å². The molecule has 3 rings (SSSR count). The van der Waals surface area contributed by atoms with Crippen LogP contribution in [0.2, 0.25) is 0 Å². The highest BCUT2D eigenvalue weighted by molar-refractivity contribution is 5.98. The zero-order valence-electron chi connectivity index (χ0n) is 17.2. The van der Waals surface area contributed by atoms with Crippen molar-refractivity contribution in [1.82, 2.24) is 15.2 Å². The molecule has 2 aromatic rings. The second-order valence-corrected chi connectivity index (χ2v) is 7.58. The van der Waals surface area contributed by atoms with Crippen LogP contribution in [0, 0.1) is 30.9 Å². The van der Waals surface area contributed by atoms with Crippen molar-refractivity contribution in [2.24, 2.45) is 0 Å². The van der Waals surface area contributed by atoms with E-state index < -0.39 is 11.0 Å². The molecule has 2 heterocycles. The van der Waals surface area contributed by atoms with Gasteiger partial charge < -0.3 is 15.2 Å². The van der Waals surface area contributed by atoms with Crippen LogP contribution < -0.4 is 10.9 Å². The van der Waals surface area contributed by atoms with Crippen LogP contribution in [-0.2, 0) is 11.3 Å². The van der Waals surface area contributed by atoms with Gasteiger partial charge in [-0.05, 0) is 57.4 Å². The van der Waals surface area contributed by atoms with Crippen molar-refractivity contribution in [1.29, 1.82) is 0 Å². The number of nitrogens with zero attached hydrogens (tertiary/aromatic N) is 2. The monoisotopic (exact) mass is 412 g/mol. The van der Waals surface area contributed by atoms with Gasteiger partial charge in [-0.3, -0.25) is 24.5 Å². The highest BCUT2D eigenvalue weighted by Gasteiger charge is 2.34. The van der Waals surface area contributed by atoms with Gasteiger partial charge in [0.2, 0.25) is 5.91 Å². The largest absolute Gasteiger partial charge is 0.350 e. The van der Waals surface area contributed by atoms with Crippen LogP contribution in [0.25, 0.3) is 0 Å². The fourth-order valence-electron chi connectivity index (χ4n) is 3.84. The zero-order chi connectivity index (χ0) is 22.0. The molecule has 0 aliphatic carbocycles. The molecule has 1 saturated heterocycles. The maximum atomic E-state index is 12.9. The SMILES string of the molecule is Cc1cc(C)c(CNC(=O)C2CCCN2C(=O)c2ccc([N+](=O)[O-])c(C)c2)c(=O)[nH]1. The summed E-state index contributed by atoms with van der Waals surface area (Å²) in [5.41, 5.74) is 2.42. The van der Waals surface area contributed by atoms with Gasteiger partial charge in [0.15, 0.2) is 0 Å². The van der Waals surface area contributed by atoms with Gasteiger partial charge in [-0.1, -0.05) is 0 Å². The van der Waals surface area contributed by atoms with Crippen LogP contribution in [0.5, 0.6) is 0 Å². The lowest BCUT2D eigenvalue weighted by atomic mass is 10.1. The summed E-state index contributed by atoms with van der Waals surface area (Å²) in [5.74, 6) is -0.658. The highest BCUT2D eigenvalue weighted by Crippen LogP contribution is 2.24. The Balaban J connectivity index is 1.73. The Labute approximate surface area is 173 Å². The number of benzene rings is 1. The lowest BCUT2D eigenvalue weighted by Crippen LogP contribution is -2.46. The summed E-state index contributed by atoms with van der Waals surface area (Å²) in [6, 6.07) is 5.39. The third kappa shape index (κ3) is 4.24. The minimum atomic E-state index is -0.641. The number of nitro groups is 1. The van der Waals surface area contributed by atoms with E-state index in [0.29, 0.717) is 36.1 Å².